The fraction of sp³-hybridized carbons (Fsp3) is 0.385. The van der Waals surface area contributed by atoms with Gasteiger partial charge in [-0.1, -0.05) is 29.5 Å². The quantitative estimate of drug-likeness (QED) is 0.817. The molecular weight excluding hydrogens is 314 g/mol. The van der Waals surface area contributed by atoms with E-state index in [1.54, 1.807) is 12.1 Å². The highest BCUT2D eigenvalue weighted by molar-refractivity contribution is 8.13. The van der Waals surface area contributed by atoms with E-state index >= 15 is 0 Å². The number of aliphatic carboxylic acids is 1. The molecule has 1 unspecified atom stereocenters. The van der Waals surface area contributed by atoms with Gasteiger partial charge in [0.05, 0.1) is 4.90 Å². The lowest BCUT2D eigenvalue weighted by atomic mass is 10.1. The molecule has 6 nitrogen and oxygen atoms in total. The van der Waals surface area contributed by atoms with Crippen LogP contribution in [0, 0.1) is 6.92 Å². The van der Waals surface area contributed by atoms with E-state index in [0.29, 0.717) is 0 Å². The van der Waals surface area contributed by atoms with E-state index in [9.17, 15) is 23.1 Å². The lowest BCUT2D eigenvalue weighted by molar-refractivity contribution is -0.142. The Bertz CT molecular complexity index is 639. The third-order valence-electron chi connectivity index (χ3n) is 2.73. The number of nitrogens with one attached hydrogen (secondary N) is 1. The summed E-state index contributed by atoms with van der Waals surface area (Å²) < 4.78 is 26.6. The number of hydrogen-bond acceptors (Lipinski definition) is 5. The minimum atomic E-state index is -3.98. The average molecular weight is 331 g/mol. The van der Waals surface area contributed by atoms with Crippen LogP contribution < -0.4 is 4.72 Å². The first-order valence-electron chi connectivity index (χ1n) is 6.04. The third kappa shape index (κ3) is 4.83. The first-order chi connectivity index (χ1) is 9.57. The van der Waals surface area contributed by atoms with Crippen LogP contribution in [0.5, 0.6) is 0 Å². The third-order valence-corrected chi connectivity index (χ3v) is 5.47. The number of sulfonamides is 1. The van der Waals surface area contributed by atoms with Crippen molar-refractivity contribution in [3.63, 3.8) is 0 Å². The Labute approximate surface area is 128 Å². The molecule has 0 saturated heterocycles. The van der Waals surface area contributed by atoms with Crippen molar-refractivity contribution in [1.82, 2.24) is 4.72 Å². The van der Waals surface area contributed by atoms with Crippen LogP contribution in [0.1, 0.15) is 19.4 Å². The Hall–Kier alpha value is -1.38. The summed E-state index contributed by atoms with van der Waals surface area (Å²) in [6.45, 7) is 4.34. The topological polar surface area (TPSA) is 101 Å². The summed E-state index contributed by atoms with van der Waals surface area (Å²) in [6, 6.07) is 6.05. The van der Waals surface area contributed by atoms with E-state index in [-0.39, 0.29) is 15.8 Å². The van der Waals surface area contributed by atoms with Crippen LogP contribution in [0.3, 0.4) is 0 Å². The van der Waals surface area contributed by atoms with E-state index in [2.05, 4.69) is 4.72 Å². The van der Waals surface area contributed by atoms with Gasteiger partial charge < -0.3 is 5.11 Å². The van der Waals surface area contributed by atoms with Crippen molar-refractivity contribution in [3.8, 4) is 0 Å². The molecule has 0 radical (unpaired) electrons. The second kappa shape index (κ2) is 6.59. The van der Waals surface area contributed by atoms with Crippen molar-refractivity contribution in [1.29, 1.82) is 0 Å². The van der Waals surface area contributed by atoms with Crippen molar-refractivity contribution < 1.29 is 23.1 Å². The number of hydrogen-bond donors (Lipinski definition) is 2. The molecule has 0 aliphatic rings. The average Bonchev–Trinajstić information content (AvgIpc) is 2.36. The van der Waals surface area contributed by atoms with Crippen LogP contribution in [-0.4, -0.2) is 35.9 Å². The fourth-order valence-corrected chi connectivity index (χ4v) is 3.60. The molecule has 0 aliphatic carbocycles. The van der Waals surface area contributed by atoms with Crippen LogP contribution in [0.4, 0.5) is 0 Å². The molecule has 0 aromatic heterocycles. The fourth-order valence-electron chi connectivity index (χ4n) is 1.45. The molecule has 0 amide bonds. The Kier molecular flexibility index (Phi) is 5.54. The Morgan fingerprint density at radius 2 is 1.81 bits per heavy atom. The molecule has 21 heavy (non-hydrogen) atoms. The van der Waals surface area contributed by atoms with Gasteiger partial charge in [-0.05, 0) is 26.0 Å². The molecule has 116 valence electrons. The van der Waals surface area contributed by atoms with Crippen molar-refractivity contribution in [2.45, 2.75) is 31.2 Å². The number of aryl methyl sites for hydroxylation is 1. The maximum absolute atomic E-state index is 12.2. The van der Waals surface area contributed by atoms with Crippen LogP contribution >= 0.6 is 11.8 Å². The van der Waals surface area contributed by atoms with Gasteiger partial charge in [0.15, 0.2) is 5.12 Å². The summed E-state index contributed by atoms with van der Waals surface area (Å²) in [7, 11) is -3.98. The molecule has 1 rings (SSSR count). The van der Waals surface area contributed by atoms with E-state index in [4.69, 9.17) is 0 Å². The molecule has 0 spiro atoms. The molecule has 0 fully saturated rings. The zero-order valence-electron chi connectivity index (χ0n) is 11.9. The van der Waals surface area contributed by atoms with Gasteiger partial charge >= 0.3 is 5.97 Å². The SMILES string of the molecule is CC(=O)SCC(C)(NS(=O)(=O)c1ccc(C)cc1)C(=O)O. The first kappa shape index (κ1) is 17.7. The van der Waals surface area contributed by atoms with Crippen LogP contribution in [-0.2, 0) is 19.6 Å². The molecule has 1 aromatic carbocycles. The molecule has 0 bridgehead atoms. The zero-order chi connectivity index (χ0) is 16.3. The highest BCUT2D eigenvalue weighted by Crippen LogP contribution is 2.19. The summed E-state index contributed by atoms with van der Waals surface area (Å²) in [5, 5.41) is 8.97. The predicted octanol–water partition coefficient (Wildman–Crippen LogP) is 1.40. The molecule has 2 N–H and O–H groups in total. The molecule has 8 heteroatoms. The normalized spacial score (nSPS) is 14.4. The van der Waals surface area contributed by atoms with Gasteiger partial charge in [0.25, 0.3) is 0 Å². The van der Waals surface area contributed by atoms with Gasteiger partial charge in [0.2, 0.25) is 10.0 Å². The first-order valence-corrected chi connectivity index (χ1v) is 8.51. The molecule has 0 saturated carbocycles. The van der Waals surface area contributed by atoms with Gasteiger partial charge in [-0.2, -0.15) is 4.72 Å². The number of carbonyl (C=O) groups is 2. The van der Waals surface area contributed by atoms with Gasteiger partial charge in [0, 0.05) is 12.7 Å². The summed E-state index contributed by atoms with van der Waals surface area (Å²) >= 11 is 0.758. The maximum atomic E-state index is 12.2. The van der Waals surface area contributed by atoms with Crippen LogP contribution in [0.2, 0.25) is 0 Å². The minimum Gasteiger partial charge on any atom is -0.480 e. The zero-order valence-corrected chi connectivity index (χ0v) is 13.5. The smallest absolute Gasteiger partial charge is 0.325 e. The van der Waals surface area contributed by atoms with Crippen LogP contribution in [0.15, 0.2) is 29.2 Å². The minimum absolute atomic E-state index is 0.0200. The maximum Gasteiger partial charge on any atom is 0.325 e. The van der Waals surface area contributed by atoms with Crippen LogP contribution in [0.25, 0.3) is 0 Å². The molecular formula is C13H17NO5S2. The number of carbonyl (C=O) groups excluding carboxylic acids is 1. The van der Waals surface area contributed by atoms with Gasteiger partial charge in [-0.3, -0.25) is 9.59 Å². The van der Waals surface area contributed by atoms with E-state index in [1.165, 1.54) is 26.0 Å². The highest BCUT2D eigenvalue weighted by Gasteiger charge is 2.38. The highest BCUT2D eigenvalue weighted by atomic mass is 32.2. The Balaban J connectivity index is 3.04. The number of benzene rings is 1. The van der Waals surface area contributed by atoms with Gasteiger partial charge in [0.1, 0.15) is 5.54 Å². The number of carboxylic acids is 1. The largest absolute Gasteiger partial charge is 0.480 e. The molecule has 0 heterocycles. The number of thioether (sulfide) groups is 1. The van der Waals surface area contributed by atoms with Gasteiger partial charge in [-0.25, -0.2) is 8.42 Å². The molecule has 0 aliphatic heterocycles. The lowest BCUT2D eigenvalue weighted by Crippen LogP contribution is -2.54. The standard InChI is InChI=1S/C13H17NO5S2/c1-9-4-6-11(7-5-9)21(18,19)14-13(3,12(16)17)8-20-10(2)15/h4-7,14H,8H2,1-3H3,(H,16,17). The van der Waals surface area contributed by atoms with Crippen molar-refractivity contribution in [2.75, 3.05) is 5.75 Å². The number of carboxylic acid groups (broad SMARTS) is 1. The van der Waals surface area contributed by atoms with Gasteiger partial charge in [-0.15, -0.1) is 0 Å². The number of rotatable bonds is 6. The Morgan fingerprint density at radius 1 is 1.29 bits per heavy atom. The van der Waals surface area contributed by atoms with Crippen molar-refractivity contribution in [3.05, 3.63) is 29.8 Å². The molecule has 1 atom stereocenters. The monoisotopic (exact) mass is 331 g/mol. The van der Waals surface area contributed by atoms with E-state index < -0.39 is 21.5 Å². The Morgan fingerprint density at radius 3 is 2.24 bits per heavy atom. The van der Waals surface area contributed by atoms with Crippen molar-refractivity contribution >= 4 is 32.9 Å². The van der Waals surface area contributed by atoms with E-state index in [0.717, 1.165) is 17.3 Å². The summed E-state index contributed by atoms with van der Waals surface area (Å²) in [5.41, 5.74) is -0.873. The summed E-state index contributed by atoms with van der Waals surface area (Å²) in [4.78, 5) is 22.3. The second-order valence-electron chi connectivity index (χ2n) is 4.84. The second-order valence-corrected chi connectivity index (χ2v) is 7.67. The summed E-state index contributed by atoms with van der Waals surface area (Å²) in [6.07, 6.45) is 0. The predicted molar refractivity (Wildman–Crippen MR) is 80.7 cm³/mol. The molecule has 1 aromatic rings. The van der Waals surface area contributed by atoms with E-state index in [1.807, 2.05) is 6.92 Å². The lowest BCUT2D eigenvalue weighted by Gasteiger charge is -2.25. The summed E-state index contributed by atoms with van der Waals surface area (Å²) in [5.74, 6) is -1.53. The van der Waals surface area contributed by atoms with Crippen molar-refractivity contribution in [2.24, 2.45) is 0 Å².